The van der Waals surface area contributed by atoms with E-state index in [1.807, 2.05) is 0 Å². The summed E-state index contributed by atoms with van der Waals surface area (Å²) in [4.78, 5) is 2.29. The lowest BCUT2D eigenvalue weighted by atomic mass is 10.2. The van der Waals surface area contributed by atoms with Crippen LogP contribution in [0, 0.1) is 0 Å². The van der Waals surface area contributed by atoms with E-state index in [0.717, 1.165) is 25.9 Å². The molecule has 1 aliphatic rings. The Labute approximate surface area is 94.0 Å². The number of unbranched alkanes of at least 4 members (excludes halogenated alkanes) is 1. The molecule has 15 heavy (non-hydrogen) atoms. The van der Waals surface area contributed by atoms with Crippen molar-refractivity contribution in [2.45, 2.75) is 45.4 Å². The highest BCUT2D eigenvalue weighted by Gasteiger charge is 2.22. The Hall–Kier alpha value is 0.0200. The normalized spacial score (nSPS) is 19.9. The average Bonchev–Trinajstić information content (AvgIpc) is 2.47. The molecule has 88 valence electrons. The van der Waals surface area contributed by atoms with Crippen LogP contribution in [0.15, 0.2) is 0 Å². The molecule has 1 heterocycles. The standard InChI is InChI=1S/C11H23NO2P/c1-2-3-10-14-15(13)11-12-8-6-4-5-7-9-12/h2-11H2,1H3/q+1. The smallest absolute Gasteiger partial charge is 0.260 e. The van der Waals surface area contributed by atoms with Gasteiger partial charge in [-0.3, -0.25) is 4.90 Å². The van der Waals surface area contributed by atoms with Gasteiger partial charge in [0.1, 0.15) is 6.61 Å². The zero-order valence-corrected chi connectivity index (χ0v) is 10.7. The van der Waals surface area contributed by atoms with Crippen LogP contribution in [-0.4, -0.2) is 30.9 Å². The summed E-state index contributed by atoms with van der Waals surface area (Å²) in [6.45, 7) is 4.96. The van der Waals surface area contributed by atoms with Crippen LogP contribution in [0.25, 0.3) is 0 Å². The number of hydrogen-bond acceptors (Lipinski definition) is 3. The molecule has 0 aromatic carbocycles. The molecule has 1 rings (SSSR count). The van der Waals surface area contributed by atoms with E-state index in [9.17, 15) is 4.57 Å². The van der Waals surface area contributed by atoms with Crippen molar-refractivity contribution in [1.29, 1.82) is 0 Å². The molecule has 0 amide bonds. The summed E-state index contributed by atoms with van der Waals surface area (Å²) >= 11 is 0. The maximum absolute atomic E-state index is 11.6. The van der Waals surface area contributed by atoms with Crippen LogP contribution in [0.4, 0.5) is 0 Å². The first-order chi connectivity index (χ1) is 7.33. The summed E-state index contributed by atoms with van der Waals surface area (Å²) in [5, 5.41) is 0. The van der Waals surface area contributed by atoms with Gasteiger partial charge >= 0.3 is 8.03 Å². The second kappa shape index (κ2) is 8.20. The Morgan fingerprint density at radius 1 is 1.20 bits per heavy atom. The van der Waals surface area contributed by atoms with Crippen molar-refractivity contribution in [2.75, 3.05) is 26.0 Å². The Balaban J connectivity index is 2.12. The largest absolute Gasteiger partial charge is 0.524 e. The Morgan fingerprint density at radius 3 is 2.47 bits per heavy atom. The molecule has 0 radical (unpaired) electrons. The molecule has 0 bridgehead atoms. The highest BCUT2D eigenvalue weighted by Crippen LogP contribution is 2.25. The molecule has 0 aromatic rings. The van der Waals surface area contributed by atoms with Gasteiger partial charge in [0, 0.05) is 13.1 Å². The van der Waals surface area contributed by atoms with Gasteiger partial charge in [-0.1, -0.05) is 26.2 Å². The zero-order chi connectivity index (χ0) is 10.9. The third kappa shape index (κ3) is 6.24. The van der Waals surface area contributed by atoms with Gasteiger partial charge < -0.3 is 0 Å². The van der Waals surface area contributed by atoms with Gasteiger partial charge in [-0.05, 0) is 23.8 Å². The summed E-state index contributed by atoms with van der Waals surface area (Å²) in [5.74, 6) is 0. The molecule has 0 aromatic heterocycles. The van der Waals surface area contributed by atoms with E-state index in [1.165, 1.54) is 25.7 Å². The van der Waals surface area contributed by atoms with Gasteiger partial charge in [0.2, 0.25) is 6.29 Å². The van der Waals surface area contributed by atoms with Crippen LogP contribution < -0.4 is 0 Å². The van der Waals surface area contributed by atoms with Gasteiger partial charge in [0.25, 0.3) is 0 Å². The monoisotopic (exact) mass is 232 g/mol. The van der Waals surface area contributed by atoms with Gasteiger partial charge in [-0.2, -0.15) is 0 Å². The van der Waals surface area contributed by atoms with Crippen molar-refractivity contribution in [2.24, 2.45) is 0 Å². The summed E-state index contributed by atoms with van der Waals surface area (Å²) < 4.78 is 16.9. The van der Waals surface area contributed by atoms with Crippen LogP contribution in [0.3, 0.4) is 0 Å². The van der Waals surface area contributed by atoms with E-state index >= 15 is 0 Å². The molecule has 0 N–H and O–H groups in total. The minimum atomic E-state index is -1.45. The first-order valence-electron chi connectivity index (χ1n) is 6.13. The maximum Gasteiger partial charge on any atom is 0.524 e. The maximum atomic E-state index is 11.6. The van der Waals surface area contributed by atoms with Crippen LogP contribution in [0.5, 0.6) is 0 Å². The van der Waals surface area contributed by atoms with Crippen molar-refractivity contribution in [1.82, 2.24) is 4.90 Å². The molecule has 3 nitrogen and oxygen atoms in total. The van der Waals surface area contributed by atoms with Crippen molar-refractivity contribution >= 4 is 8.03 Å². The quantitative estimate of drug-likeness (QED) is 0.519. The molecule has 0 saturated carbocycles. The molecule has 1 fully saturated rings. The second-order valence-electron chi connectivity index (χ2n) is 4.19. The van der Waals surface area contributed by atoms with Gasteiger partial charge in [0.15, 0.2) is 0 Å². The molecule has 1 atom stereocenters. The molecule has 0 spiro atoms. The molecule has 0 aliphatic carbocycles. The van der Waals surface area contributed by atoms with E-state index < -0.39 is 8.03 Å². The fraction of sp³-hybridized carbons (Fsp3) is 1.00. The topological polar surface area (TPSA) is 29.5 Å². The third-order valence-electron chi connectivity index (χ3n) is 2.75. The lowest BCUT2D eigenvalue weighted by Gasteiger charge is -2.12. The highest BCUT2D eigenvalue weighted by molar-refractivity contribution is 7.39. The number of nitrogens with zero attached hydrogens (tertiary/aromatic N) is 1. The third-order valence-corrected chi connectivity index (χ3v) is 3.85. The molecule has 1 aliphatic heterocycles. The lowest BCUT2D eigenvalue weighted by molar-refractivity contribution is 0.282. The van der Waals surface area contributed by atoms with Gasteiger partial charge in [-0.25, -0.2) is 0 Å². The van der Waals surface area contributed by atoms with Crippen LogP contribution in [0.1, 0.15) is 45.4 Å². The fourth-order valence-electron chi connectivity index (χ4n) is 1.79. The van der Waals surface area contributed by atoms with Gasteiger partial charge in [0.05, 0.1) is 0 Å². The predicted molar refractivity (Wildman–Crippen MR) is 63.4 cm³/mol. The van der Waals surface area contributed by atoms with E-state index in [4.69, 9.17) is 4.52 Å². The SMILES string of the molecule is CCCCO[P+](=O)CN1CCCCCC1. The van der Waals surface area contributed by atoms with Crippen molar-refractivity contribution < 1.29 is 9.09 Å². The second-order valence-corrected chi connectivity index (χ2v) is 5.40. The summed E-state index contributed by atoms with van der Waals surface area (Å²) in [7, 11) is -1.45. The molecular formula is C11H23NO2P+. The van der Waals surface area contributed by atoms with E-state index in [1.54, 1.807) is 0 Å². The number of hydrogen-bond donors (Lipinski definition) is 0. The average molecular weight is 232 g/mol. The fourth-order valence-corrected chi connectivity index (χ4v) is 2.82. The molecule has 4 heteroatoms. The van der Waals surface area contributed by atoms with Gasteiger partial charge in [-0.15, -0.1) is 4.52 Å². The highest BCUT2D eigenvalue weighted by atomic mass is 31.1. The number of likely N-dealkylation sites (tertiary alicyclic amines) is 1. The van der Waals surface area contributed by atoms with E-state index in [0.29, 0.717) is 12.9 Å². The number of rotatable bonds is 6. The molecule has 1 saturated heterocycles. The first-order valence-corrected chi connectivity index (χ1v) is 7.49. The summed E-state index contributed by atoms with van der Waals surface area (Å²) in [6.07, 6.45) is 7.90. The van der Waals surface area contributed by atoms with Crippen LogP contribution >= 0.6 is 8.03 Å². The minimum Gasteiger partial charge on any atom is -0.260 e. The Morgan fingerprint density at radius 2 is 1.87 bits per heavy atom. The lowest BCUT2D eigenvalue weighted by Crippen LogP contribution is -2.24. The Bertz CT molecular complexity index is 179. The molecular weight excluding hydrogens is 209 g/mol. The van der Waals surface area contributed by atoms with Crippen molar-refractivity contribution in [3.05, 3.63) is 0 Å². The summed E-state index contributed by atoms with van der Waals surface area (Å²) in [5.41, 5.74) is 0. The zero-order valence-electron chi connectivity index (χ0n) is 9.78. The first kappa shape index (κ1) is 13.1. The van der Waals surface area contributed by atoms with E-state index in [2.05, 4.69) is 11.8 Å². The predicted octanol–water partition coefficient (Wildman–Crippen LogP) is 3.38. The van der Waals surface area contributed by atoms with Crippen molar-refractivity contribution in [3.8, 4) is 0 Å². The Kier molecular flexibility index (Phi) is 7.16. The van der Waals surface area contributed by atoms with Crippen LogP contribution in [0.2, 0.25) is 0 Å². The molecule has 1 unspecified atom stereocenters. The van der Waals surface area contributed by atoms with Crippen molar-refractivity contribution in [3.63, 3.8) is 0 Å². The minimum absolute atomic E-state index is 0.638. The summed E-state index contributed by atoms with van der Waals surface area (Å²) in [6, 6.07) is 0. The van der Waals surface area contributed by atoms with E-state index in [-0.39, 0.29) is 0 Å². The van der Waals surface area contributed by atoms with Crippen LogP contribution in [-0.2, 0) is 9.09 Å².